The van der Waals surface area contributed by atoms with Gasteiger partial charge in [-0.1, -0.05) is 0 Å². The number of hydrogen-bond donors (Lipinski definition) is 1. The van der Waals surface area contributed by atoms with Crippen LogP contribution >= 0.6 is 0 Å². The van der Waals surface area contributed by atoms with Crippen LogP contribution in [0.4, 0.5) is 0 Å². The molecule has 0 spiro atoms. The molecule has 0 bridgehead atoms. The SMILES string of the molecule is CCn1cnnc1-c1cn[nH]c1C. The monoisotopic (exact) mass is 177 g/mol. The molecule has 5 nitrogen and oxygen atoms in total. The average Bonchev–Trinajstić information content (AvgIpc) is 2.71. The van der Waals surface area contributed by atoms with Crippen LogP contribution in [0, 0.1) is 6.92 Å². The summed E-state index contributed by atoms with van der Waals surface area (Å²) in [7, 11) is 0. The fourth-order valence-corrected chi connectivity index (χ4v) is 1.27. The Hall–Kier alpha value is -1.65. The molecular weight excluding hydrogens is 166 g/mol. The van der Waals surface area contributed by atoms with Gasteiger partial charge in [0, 0.05) is 12.2 Å². The summed E-state index contributed by atoms with van der Waals surface area (Å²) in [5, 5.41) is 14.7. The van der Waals surface area contributed by atoms with E-state index in [2.05, 4.69) is 27.3 Å². The van der Waals surface area contributed by atoms with E-state index in [1.54, 1.807) is 12.5 Å². The van der Waals surface area contributed by atoms with E-state index in [0.717, 1.165) is 23.6 Å². The Balaban J connectivity index is 2.52. The highest BCUT2D eigenvalue weighted by molar-refractivity contribution is 5.56. The molecular formula is C8H11N5. The van der Waals surface area contributed by atoms with E-state index >= 15 is 0 Å². The summed E-state index contributed by atoms with van der Waals surface area (Å²) in [5.74, 6) is 0.869. The summed E-state index contributed by atoms with van der Waals surface area (Å²) < 4.78 is 1.98. The van der Waals surface area contributed by atoms with Gasteiger partial charge in [0.25, 0.3) is 0 Å². The Morgan fingerprint density at radius 2 is 2.38 bits per heavy atom. The number of rotatable bonds is 2. The van der Waals surface area contributed by atoms with Gasteiger partial charge in [-0.15, -0.1) is 10.2 Å². The second-order valence-corrected chi connectivity index (χ2v) is 2.85. The molecule has 1 N–H and O–H groups in total. The largest absolute Gasteiger partial charge is 0.314 e. The summed E-state index contributed by atoms with van der Waals surface area (Å²) in [6, 6.07) is 0. The molecule has 2 heterocycles. The molecule has 0 amide bonds. The topological polar surface area (TPSA) is 59.4 Å². The predicted molar refractivity (Wildman–Crippen MR) is 48.0 cm³/mol. The first-order valence-electron chi connectivity index (χ1n) is 4.21. The Morgan fingerprint density at radius 3 is 3.00 bits per heavy atom. The first kappa shape index (κ1) is 7.97. The third-order valence-electron chi connectivity index (χ3n) is 2.03. The molecule has 0 saturated carbocycles. The Kier molecular flexibility index (Phi) is 1.84. The minimum Gasteiger partial charge on any atom is -0.314 e. The van der Waals surface area contributed by atoms with E-state index in [1.807, 2.05) is 11.5 Å². The Morgan fingerprint density at radius 1 is 1.54 bits per heavy atom. The van der Waals surface area contributed by atoms with Gasteiger partial charge >= 0.3 is 0 Å². The number of nitrogens with zero attached hydrogens (tertiary/aromatic N) is 4. The molecule has 2 aromatic heterocycles. The summed E-state index contributed by atoms with van der Waals surface area (Å²) in [6.45, 7) is 4.90. The highest BCUT2D eigenvalue weighted by Gasteiger charge is 2.09. The molecule has 0 atom stereocenters. The van der Waals surface area contributed by atoms with Gasteiger partial charge in [-0.3, -0.25) is 5.10 Å². The zero-order valence-electron chi connectivity index (χ0n) is 7.65. The lowest BCUT2D eigenvalue weighted by molar-refractivity contribution is 0.766. The number of aromatic nitrogens is 5. The van der Waals surface area contributed by atoms with Crippen LogP contribution in [0.2, 0.25) is 0 Å². The van der Waals surface area contributed by atoms with E-state index in [-0.39, 0.29) is 0 Å². The fraction of sp³-hybridized carbons (Fsp3) is 0.375. The number of aromatic amines is 1. The molecule has 5 heteroatoms. The van der Waals surface area contributed by atoms with Crippen molar-refractivity contribution in [2.75, 3.05) is 0 Å². The highest BCUT2D eigenvalue weighted by Crippen LogP contribution is 2.17. The van der Waals surface area contributed by atoms with Crippen LogP contribution in [0.1, 0.15) is 12.6 Å². The summed E-state index contributed by atoms with van der Waals surface area (Å²) in [6.07, 6.45) is 3.49. The van der Waals surface area contributed by atoms with Gasteiger partial charge in [0.1, 0.15) is 6.33 Å². The van der Waals surface area contributed by atoms with Crippen molar-refractivity contribution in [1.82, 2.24) is 25.0 Å². The molecule has 0 aliphatic heterocycles. The summed E-state index contributed by atoms with van der Waals surface area (Å²) in [4.78, 5) is 0. The van der Waals surface area contributed by atoms with Crippen LogP contribution in [0.15, 0.2) is 12.5 Å². The minimum absolute atomic E-state index is 0.868. The van der Waals surface area contributed by atoms with Crippen molar-refractivity contribution < 1.29 is 0 Å². The highest BCUT2D eigenvalue weighted by atomic mass is 15.3. The smallest absolute Gasteiger partial charge is 0.167 e. The van der Waals surface area contributed by atoms with Crippen LogP contribution in [0.25, 0.3) is 11.4 Å². The number of aryl methyl sites for hydroxylation is 2. The zero-order chi connectivity index (χ0) is 9.26. The van der Waals surface area contributed by atoms with E-state index in [4.69, 9.17) is 0 Å². The maximum absolute atomic E-state index is 4.04. The third kappa shape index (κ3) is 1.22. The molecule has 0 aliphatic carbocycles. The first-order valence-corrected chi connectivity index (χ1v) is 4.21. The van der Waals surface area contributed by atoms with Crippen LogP contribution < -0.4 is 0 Å². The lowest BCUT2D eigenvalue weighted by atomic mass is 10.2. The molecule has 0 aromatic carbocycles. The van der Waals surface area contributed by atoms with Crippen LogP contribution in [0.3, 0.4) is 0 Å². The maximum atomic E-state index is 4.04. The Bertz CT molecular complexity index is 400. The fourth-order valence-electron chi connectivity index (χ4n) is 1.27. The summed E-state index contributed by atoms with van der Waals surface area (Å²) >= 11 is 0. The normalized spacial score (nSPS) is 10.6. The van der Waals surface area contributed by atoms with Gasteiger partial charge in [-0.05, 0) is 13.8 Å². The second-order valence-electron chi connectivity index (χ2n) is 2.85. The van der Waals surface area contributed by atoms with Crippen molar-refractivity contribution in [2.24, 2.45) is 0 Å². The standard InChI is InChI=1S/C8H11N5/c1-3-13-5-10-12-8(13)7-4-9-11-6(7)2/h4-5H,3H2,1-2H3,(H,9,11). The number of H-pyrrole nitrogens is 1. The molecule has 2 rings (SSSR count). The minimum atomic E-state index is 0.868. The van der Waals surface area contributed by atoms with Crippen molar-refractivity contribution in [3.63, 3.8) is 0 Å². The van der Waals surface area contributed by atoms with Crippen LogP contribution in [0.5, 0.6) is 0 Å². The molecule has 0 fully saturated rings. The molecule has 0 saturated heterocycles. The van der Waals surface area contributed by atoms with Crippen molar-refractivity contribution >= 4 is 0 Å². The molecule has 0 radical (unpaired) electrons. The van der Waals surface area contributed by atoms with E-state index in [0.29, 0.717) is 0 Å². The second kappa shape index (κ2) is 3.01. The van der Waals surface area contributed by atoms with Gasteiger partial charge in [0.05, 0.1) is 11.8 Å². The molecule has 0 aliphatic rings. The van der Waals surface area contributed by atoms with E-state index in [1.165, 1.54) is 0 Å². The van der Waals surface area contributed by atoms with Crippen molar-refractivity contribution in [3.05, 3.63) is 18.2 Å². The molecule has 13 heavy (non-hydrogen) atoms. The third-order valence-corrected chi connectivity index (χ3v) is 2.03. The van der Waals surface area contributed by atoms with Crippen LogP contribution in [-0.2, 0) is 6.54 Å². The zero-order valence-corrected chi connectivity index (χ0v) is 7.65. The van der Waals surface area contributed by atoms with Gasteiger partial charge in [-0.2, -0.15) is 5.10 Å². The maximum Gasteiger partial charge on any atom is 0.167 e. The van der Waals surface area contributed by atoms with Crippen molar-refractivity contribution in [1.29, 1.82) is 0 Å². The summed E-state index contributed by atoms with van der Waals surface area (Å²) in [5.41, 5.74) is 2.03. The van der Waals surface area contributed by atoms with Crippen molar-refractivity contribution in [2.45, 2.75) is 20.4 Å². The molecule has 68 valence electrons. The lowest BCUT2D eigenvalue weighted by Crippen LogP contribution is -1.96. The predicted octanol–water partition coefficient (Wildman–Crippen LogP) is 0.997. The van der Waals surface area contributed by atoms with Gasteiger partial charge < -0.3 is 4.57 Å². The molecule has 0 unspecified atom stereocenters. The molecule has 2 aromatic rings. The van der Waals surface area contributed by atoms with E-state index < -0.39 is 0 Å². The van der Waals surface area contributed by atoms with Crippen molar-refractivity contribution in [3.8, 4) is 11.4 Å². The Labute approximate surface area is 75.8 Å². The van der Waals surface area contributed by atoms with Gasteiger partial charge in [0.2, 0.25) is 0 Å². The number of hydrogen-bond acceptors (Lipinski definition) is 3. The first-order chi connectivity index (χ1) is 6.33. The number of nitrogens with one attached hydrogen (secondary N) is 1. The van der Waals surface area contributed by atoms with E-state index in [9.17, 15) is 0 Å². The lowest BCUT2D eigenvalue weighted by Gasteiger charge is -2.00. The van der Waals surface area contributed by atoms with Gasteiger partial charge in [-0.25, -0.2) is 0 Å². The average molecular weight is 177 g/mol. The van der Waals surface area contributed by atoms with Crippen LogP contribution in [-0.4, -0.2) is 25.0 Å². The van der Waals surface area contributed by atoms with Gasteiger partial charge in [0.15, 0.2) is 5.82 Å². The quantitative estimate of drug-likeness (QED) is 0.744.